The number of rotatable bonds is 3. The van der Waals surface area contributed by atoms with Gasteiger partial charge in [-0.05, 0) is 62.1 Å². The minimum Gasteiger partial charge on any atom is -0.312 e. The Hall–Kier alpha value is -1.19. The Morgan fingerprint density at radius 1 is 1.33 bits per heavy atom. The van der Waals surface area contributed by atoms with Crippen LogP contribution in [0, 0.1) is 6.92 Å². The number of hydrogen-bond acceptors (Lipinski definition) is 2. The molecule has 21 heavy (non-hydrogen) atoms. The zero-order chi connectivity index (χ0) is 14.8. The van der Waals surface area contributed by atoms with E-state index in [2.05, 4.69) is 63.5 Å². The number of aryl methyl sites for hydroxylation is 2. The number of nitrogens with zero attached hydrogens (tertiary/aromatic N) is 1. The third-order valence-corrected chi connectivity index (χ3v) is 5.13. The summed E-state index contributed by atoms with van der Waals surface area (Å²) in [4.78, 5) is 4.69. The third-order valence-electron chi connectivity index (χ3n) is 4.44. The van der Waals surface area contributed by atoms with Crippen LogP contribution in [-0.4, -0.2) is 12.0 Å². The predicted octanol–water partition coefficient (Wildman–Crippen LogP) is 4.53. The molecule has 3 rings (SSSR count). The number of aromatic nitrogens is 1. The van der Waals surface area contributed by atoms with Crippen molar-refractivity contribution in [1.82, 2.24) is 10.3 Å². The summed E-state index contributed by atoms with van der Waals surface area (Å²) in [5, 5.41) is 3.52. The first kappa shape index (κ1) is 14.7. The normalized spacial score (nSPS) is 19.1. The van der Waals surface area contributed by atoms with Crippen molar-refractivity contribution in [1.29, 1.82) is 0 Å². The average Bonchev–Trinajstić information content (AvgIpc) is 2.50. The standard InChI is InChI=1S/C18H21BrN2/c1-12-8-9-14(16(19)11-12)18(20-2)15-7-3-5-13-6-4-10-21-17(13)15/h4,6,8-11,15,18,20H,3,5,7H2,1-2H3. The van der Waals surface area contributed by atoms with Crippen LogP contribution in [0.2, 0.25) is 0 Å². The van der Waals surface area contributed by atoms with Gasteiger partial charge in [-0.15, -0.1) is 0 Å². The van der Waals surface area contributed by atoms with Crippen LogP contribution in [0.1, 0.15) is 47.2 Å². The molecule has 3 heteroatoms. The van der Waals surface area contributed by atoms with E-state index in [0.717, 1.165) is 6.42 Å². The Morgan fingerprint density at radius 3 is 2.95 bits per heavy atom. The first-order chi connectivity index (χ1) is 10.2. The van der Waals surface area contributed by atoms with E-state index in [-0.39, 0.29) is 0 Å². The minimum absolute atomic E-state index is 0.300. The first-order valence-corrected chi connectivity index (χ1v) is 8.37. The lowest BCUT2D eigenvalue weighted by atomic mass is 9.79. The highest BCUT2D eigenvalue weighted by Gasteiger charge is 2.30. The van der Waals surface area contributed by atoms with Crippen LogP contribution in [0.25, 0.3) is 0 Å². The Kier molecular flexibility index (Phi) is 4.41. The molecule has 0 radical (unpaired) electrons. The van der Waals surface area contributed by atoms with Gasteiger partial charge in [-0.25, -0.2) is 0 Å². The fourth-order valence-electron chi connectivity index (χ4n) is 3.43. The van der Waals surface area contributed by atoms with Crippen LogP contribution < -0.4 is 5.32 Å². The van der Waals surface area contributed by atoms with Crippen molar-refractivity contribution < 1.29 is 0 Å². The van der Waals surface area contributed by atoms with E-state index in [1.807, 2.05) is 13.2 Å². The maximum atomic E-state index is 4.69. The van der Waals surface area contributed by atoms with Gasteiger partial charge in [0.05, 0.1) is 0 Å². The van der Waals surface area contributed by atoms with Gasteiger partial charge in [0.2, 0.25) is 0 Å². The van der Waals surface area contributed by atoms with E-state index in [0.29, 0.717) is 12.0 Å². The lowest BCUT2D eigenvalue weighted by Gasteiger charge is -2.32. The van der Waals surface area contributed by atoms with E-state index in [1.165, 1.54) is 39.7 Å². The van der Waals surface area contributed by atoms with Crippen LogP contribution in [0.3, 0.4) is 0 Å². The Balaban J connectivity index is 2.01. The SMILES string of the molecule is CNC(c1ccc(C)cc1Br)C1CCCc2cccnc21. The molecule has 2 unspecified atom stereocenters. The van der Waals surface area contributed by atoms with E-state index >= 15 is 0 Å². The zero-order valence-electron chi connectivity index (χ0n) is 12.6. The second-order valence-corrected chi connectivity index (χ2v) is 6.69. The summed E-state index contributed by atoms with van der Waals surface area (Å²) >= 11 is 3.73. The van der Waals surface area contributed by atoms with Crippen LogP contribution in [0.5, 0.6) is 0 Å². The molecule has 0 spiro atoms. The summed E-state index contributed by atoms with van der Waals surface area (Å²) in [6.45, 7) is 2.13. The zero-order valence-corrected chi connectivity index (χ0v) is 14.2. The number of nitrogens with one attached hydrogen (secondary N) is 1. The highest BCUT2D eigenvalue weighted by atomic mass is 79.9. The number of likely N-dealkylation sites (N-methyl/N-ethyl adjacent to an activating group) is 1. The predicted molar refractivity (Wildman–Crippen MR) is 90.6 cm³/mol. The maximum absolute atomic E-state index is 4.69. The van der Waals surface area contributed by atoms with Crippen molar-refractivity contribution in [2.45, 2.75) is 38.1 Å². The number of pyridine rings is 1. The number of hydrogen-bond donors (Lipinski definition) is 1. The molecule has 0 amide bonds. The van der Waals surface area contributed by atoms with Crippen molar-refractivity contribution in [3.05, 3.63) is 63.4 Å². The van der Waals surface area contributed by atoms with Crippen molar-refractivity contribution in [2.24, 2.45) is 0 Å². The summed E-state index contributed by atoms with van der Waals surface area (Å²) in [6.07, 6.45) is 5.51. The topological polar surface area (TPSA) is 24.9 Å². The van der Waals surface area contributed by atoms with E-state index in [9.17, 15) is 0 Å². The Bertz CT molecular complexity index is 639. The number of fused-ring (bicyclic) bond motifs is 1. The summed E-state index contributed by atoms with van der Waals surface area (Å²) < 4.78 is 1.19. The van der Waals surface area contributed by atoms with Crippen molar-refractivity contribution >= 4 is 15.9 Å². The van der Waals surface area contributed by atoms with Gasteiger partial charge in [0.1, 0.15) is 0 Å². The second kappa shape index (κ2) is 6.29. The van der Waals surface area contributed by atoms with Gasteiger partial charge in [0.25, 0.3) is 0 Å². The monoisotopic (exact) mass is 344 g/mol. The first-order valence-electron chi connectivity index (χ1n) is 7.58. The highest BCUT2D eigenvalue weighted by molar-refractivity contribution is 9.10. The molecular formula is C18H21BrN2. The molecule has 0 aliphatic heterocycles. The van der Waals surface area contributed by atoms with Gasteiger partial charge in [0, 0.05) is 28.3 Å². The van der Waals surface area contributed by atoms with Crippen molar-refractivity contribution in [3.63, 3.8) is 0 Å². The summed E-state index contributed by atoms with van der Waals surface area (Å²) in [5.74, 6) is 0.443. The molecule has 1 N–H and O–H groups in total. The molecule has 0 saturated heterocycles. The van der Waals surface area contributed by atoms with Crippen LogP contribution >= 0.6 is 15.9 Å². The molecule has 0 fully saturated rings. The average molecular weight is 345 g/mol. The molecule has 1 aliphatic carbocycles. The van der Waals surface area contributed by atoms with Gasteiger partial charge >= 0.3 is 0 Å². The molecule has 2 atom stereocenters. The molecule has 110 valence electrons. The molecule has 2 aromatic rings. The molecule has 1 heterocycles. The quantitative estimate of drug-likeness (QED) is 0.884. The van der Waals surface area contributed by atoms with E-state index in [1.54, 1.807) is 0 Å². The molecule has 0 saturated carbocycles. The number of halogens is 1. The summed E-state index contributed by atoms with van der Waals surface area (Å²) in [6, 6.07) is 11.2. The van der Waals surface area contributed by atoms with Crippen molar-refractivity contribution in [3.8, 4) is 0 Å². The van der Waals surface area contributed by atoms with Crippen molar-refractivity contribution in [2.75, 3.05) is 7.05 Å². The Morgan fingerprint density at radius 2 is 2.19 bits per heavy atom. The molecule has 1 aliphatic rings. The smallest absolute Gasteiger partial charge is 0.0485 e. The Labute approximate surface area is 135 Å². The molecule has 1 aromatic carbocycles. The summed E-state index contributed by atoms with van der Waals surface area (Å²) in [7, 11) is 2.05. The van der Waals surface area contributed by atoms with Crippen LogP contribution in [0.15, 0.2) is 41.0 Å². The van der Waals surface area contributed by atoms with Gasteiger partial charge in [-0.1, -0.05) is 34.1 Å². The van der Waals surface area contributed by atoms with Gasteiger partial charge in [-0.2, -0.15) is 0 Å². The number of benzene rings is 1. The fraction of sp³-hybridized carbons (Fsp3) is 0.389. The lowest BCUT2D eigenvalue weighted by molar-refractivity contribution is 0.415. The summed E-state index contributed by atoms with van der Waals surface area (Å²) in [5.41, 5.74) is 5.29. The fourth-order valence-corrected chi connectivity index (χ4v) is 4.17. The highest BCUT2D eigenvalue weighted by Crippen LogP contribution is 2.41. The van der Waals surface area contributed by atoms with Crippen LogP contribution in [-0.2, 0) is 6.42 Å². The largest absolute Gasteiger partial charge is 0.312 e. The van der Waals surface area contributed by atoms with E-state index < -0.39 is 0 Å². The van der Waals surface area contributed by atoms with Gasteiger partial charge < -0.3 is 5.32 Å². The van der Waals surface area contributed by atoms with Gasteiger partial charge in [0.15, 0.2) is 0 Å². The molecule has 2 nitrogen and oxygen atoms in total. The lowest BCUT2D eigenvalue weighted by Crippen LogP contribution is -2.27. The van der Waals surface area contributed by atoms with Gasteiger partial charge in [-0.3, -0.25) is 4.98 Å². The third kappa shape index (κ3) is 2.90. The molecular weight excluding hydrogens is 324 g/mol. The molecule has 1 aromatic heterocycles. The maximum Gasteiger partial charge on any atom is 0.0485 e. The second-order valence-electron chi connectivity index (χ2n) is 5.84. The molecule has 0 bridgehead atoms. The van der Waals surface area contributed by atoms with Crippen LogP contribution in [0.4, 0.5) is 0 Å². The van der Waals surface area contributed by atoms with E-state index in [4.69, 9.17) is 0 Å². The minimum atomic E-state index is 0.300.